The predicted molar refractivity (Wildman–Crippen MR) is 57.4 cm³/mol. The van der Waals surface area contributed by atoms with Crippen molar-refractivity contribution < 1.29 is 9.53 Å². The lowest BCUT2D eigenvalue weighted by Crippen LogP contribution is -2.26. The average molecular weight is 205 g/mol. The van der Waals surface area contributed by atoms with Gasteiger partial charge in [0.05, 0.1) is 6.04 Å². The molecule has 1 aromatic carbocycles. The number of hydrogen-bond donors (Lipinski definition) is 1. The maximum Gasteiger partial charge on any atom is 0.302 e. The molecule has 2 N–H and O–H groups in total. The van der Waals surface area contributed by atoms with Gasteiger partial charge in [0.2, 0.25) is 0 Å². The van der Waals surface area contributed by atoms with E-state index in [1.807, 2.05) is 6.92 Å². The second-order valence-corrected chi connectivity index (χ2v) is 4.08. The first-order chi connectivity index (χ1) is 7.08. The Morgan fingerprint density at radius 3 is 2.93 bits per heavy atom. The van der Waals surface area contributed by atoms with E-state index in [0.717, 1.165) is 12.0 Å². The number of ether oxygens (including phenoxy) is 1. The predicted octanol–water partition coefficient (Wildman–Crippen LogP) is 1.48. The molecular weight excluding hydrogens is 190 g/mol. The van der Waals surface area contributed by atoms with Crippen LogP contribution in [0.4, 0.5) is 0 Å². The van der Waals surface area contributed by atoms with Crippen molar-refractivity contribution in [3.63, 3.8) is 0 Å². The molecule has 1 aliphatic carbocycles. The third kappa shape index (κ3) is 1.88. The van der Waals surface area contributed by atoms with Crippen LogP contribution in [0, 0.1) is 6.92 Å². The SMILES string of the molecule is CC(=O)OC1Cc2ccc(C)cc2C1N. The van der Waals surface area contributed by atoms with E-state index in [2.05, 4.69) is 18.2 Å². The molecule has 0 spiro atoms. The highest BCUT2D eigenvalue weighted by molar-refractivity contribution is 5.66. The van der Waals surface area contributed by atoms with Crippen molar-refractivity contribution in [1.29, 1.82) is 0 Å². The van der Waals surface area contributed by atoms with Crippen LogP contribution >= 0.6 is 0 Å². The summed E-state index contributed by atoms with van der Waals surface area (Å²) in [6.07, 6.45) is 0.537. The van der Waals surface area contributed by atoms with Crippen LogP contribution in [0.25, 0.3) is 0 Å². The smallest absolute Gasteiger partial charge is 0.302 e. The van der Waals surface area contributed by atoms with Crippen molar-refractivity contribution in [3.8, 4) is 0 Å². The molecule has 0 saturated carbocycles. The molecule has 0 aliphatic heterocycles. The van der Waals surface area contributed by atoms with Crippen LogP contribution in [0.2, 0.25) is 0 Å². The summed E-state index contributed by atoms with van der Waals surface area (Å²) in [5, 5.41) is 0. The molecule has 80 valence electrons. The van der Waals surface area contributed by atoms with Gasteiger partial charge in [-0.2, -0.15) is 0 Å². The van der Waals surface area contributed by atoms with Gasteiger partial charge < -0.3 is 10.5 Å². The molecule has 0 bridgehead atoms. The van der Waals surface area contributed by atoms with E-state index in [1.54, 1.807) is 0 Å². The normalized spacial score (nSPS) is 23.7. The second kappa shape index (κ2) is 3.66. The van der Waals surface area contributed by atoms with Gasteiger partial charge in [-0.25, -0.2) is 0 Å². The molecule has 0 amide bonds. The third-order valence-electron chi connectivity index (χ3n) is 2.80. The Morgan fingerprint density at radius 1 is 1.53 bits per heavy atom. The zero-order valence-corrected chi connectivity index (χ0v) is 8.99. The molecule has 0 radical (unpaired) electrons. The van der Waals surface area contributed by atoms with Gasteiger partial charge in [-0.1, -0.05) is 23.8 Å². The zero-order valence-electron chi connectivity index (χ0n) is 8.99. The van der Waals surface area contributed by atoms with Crippen LogP contribution in [-0.4, -0.2) is 12.1 Å². The number of benzene rings is 1. The molecule has 0 heterocycles. The number of rotatable bonds is 1. The first-order valence-corrected chi connectivity index (χ1v) is 5.10. The Labute approximate surface area is 89.2 Å². The molecule has 0 saturated heterocycles. The van der Waals surface area contributed by atoms with Crippen LogP contribution in [0.1, 0.15) is 29.7 Å². The number of esters is 1. The Balaban J connectivity index is 2.25. The molecule has 2 unspecified atom stereocenters. The van der Waals surface area contributed by atoms with Crippen molar-refractivity contribution in [2.75, 3.05) is 0 Å². The Kier molecular flexibility index (Phi) is 2.49. The molecule has 1 aromatic rings. The van der Waals surface area contributed by atoms with Crippen molar-refractivity contribution >= 4 is 5.97 Å². The fourth-order valence-corrected chi connectivity index (χ4v) is 2.08. The minimum Gasteiger partial charge on any atom is -0.460 e. The number of hydrogen-bond acceptors (Lipinski definition) is 3. The highest BCUT2D eigenvalue weighted by Gasteiger charge is 2.31. The van der Waals surface area contributed by atoms with E-state index >= 15 is 0 Å². The van der Waals surface area contributed by atoms with E-state index in [1.165, 1.54) is 18.1 Å². The lowest BCUT2D eigenvalue weighted by molar-refractivity contribution is -0.146. The third-order valence-corrected chi connectivity index (χ3v) is 2.80. The maximum atomic E-state index is 10.9. The molecule has 2 atom stereocenters. The summed E-state index contributed by atoms with van der Waals surface area (Å²) in [5.74, 6) is -0.264. The Bertz CT molecular complexity index is 401. The van der Waals surface area contributed by atoms with Gasteiger partial charge in [-0.05, 0) is 18.1 Å². The van der Waals surface area contributed by atoms with Crippen molar-refractivity contribution in [3.05, 3.63) is 34.9 Å². The average Bonchev–Trinajstić information content (AvgIpc) is 2.44. The fraction of sp³-hybridized carbons (Fsp3) is 0.417. The lowest BCUT2D eigenvalue weighted by Gasteiger charge is -2.15. The van der Waals surface area contributed by atoms with Gasteiger partial charge in [0.25, 0.3) is 0 Å². The van der Waals surface area contributed by atoms with Gasteiger partial charge in [-0.15, -0.1) is 0 Å². The summed E-state index contributed by atoms with van der Waals surface area (Å²) in [5.41, 5.74) is 9.52. The molecular formula is C12H15NO2. The number of nitrogens with two attached hydrogens (primary N) is 1. The van der Waals surface area contributed by atoms with Crippen LogP contribution in [0.3, 0.4) is 0 Å². The monoisotopic (exact) mass is 205 g/mol. The van der Waals surface area contributed by atoms with E-state index in [4.69, 9.17) is 10.5 Å². The summed E-state index contributed by atoms with van der Waals surface area (Å²) in [6, 6.07) is 6.02. The standard InChI is InChI=1S/C12H15NO2/c1-7-3-4-9-6-11(15-8(2)14)12(13)10(9)5-7/h3-5,11-12H,6,13H2,1-2H3. The van der Waals surface area contributed by atoms with Crippen LogP contribution < -0.4 is 5.73 Å². The van der Waals surface area contributed by atoms with Crippen LogP contribution in [-0.2, 0) is 16.0 Å². The number of carbonyl (C=O) groups is 1. The second-order valence-electron chi connectivity index (χ2n) is 4.08. The van der Waals surface area contributed by atoms with Gasteiger partial charge in [-0.3, -0.25) is 4.79 Å². The zero-order chi connectivity index (χ0) is 11.0. The Hall–Kier alpha value is -1.35. The lowest BCUT2D eigenvalue weighted by atomic mass is 10.1. The van der Waals surface area contributed by atoms with Crippen molar-refractivity contribution in [1.82, 2.24) is 0 Å². The van der Waals surface area contributed by atoms with E-state index in [9.17, 15) is 4.79 Å². The summed E-state index contributed by atoms with van der Waals surface area (Å²) >= 11 is 0. The summed E-state index contributed by atoms with van der Waals surface area (Å²) in [4.78, 5) is 10.9. The van der Waals surface area contributed by atoms with E-state index in [0.29, 0.717) is 0 Å². The molecule has 3 heteroatoms. The van der Waals surface area contributed by atoms with Gasteiger partial charge in [0, 0.05) is 13.3 Å². The maximum absolute atomic E-state index is 10.9. The van der Waals surface area contributed by atoms with E-state index < -0.39 is 0 Å². The summed E-state index contributed by atoms with van der Waals surface area (Å²) in [6.45, 7) is 3.45. The molecule has 2 rings (SSSR count). The molecule has 0 fully saturated rings. The number of carbonyl (C=O) groups excluding carboxylic acids is 1. The first-order valence-electron chi connectivity index (χ1n) is 5.10. The van der Waals surface area contributed by atoms with Gasteiger partial charge >= 0.3 is 5.97 Å². The van der Waals surface area contributed by atoms with E-state index in [-0.39, 0.29) is 18.1 Å². The topological polar surface area (TPSA) is 52.3 Å². The van der Waals surface area contributed by atoms with Crippen LogP contribution in [0.5, 0.6) is 0 Å². The number of fused-ring (bicyclic) bond motifs is 1. The minimum atomic E-state index is -0.264. The largest absolute Gasteiger partial charge is 0.460 e. The number of aryl methyl sites for hydroxylation is 1. The highest BCUT2D eigenvalue weighted by atomic mass is 16.5. The van der Waals surface area contributed by atoms with Crippen molar-refractivity contribution in [2.24, 2.45) is 5.73 Å². The van der Waals surface area contributed by atoms with Crippen LogP contribution in [0.15, 0.2) is 18.2 Å². The molecule has 0 aromatic heterocycles. The van der Waals surface area contributed by atoms with Gasteiger partial charge in [0.1, 0.15) is 6.10 Å². The van der Waals surface area contributed by atoms with Crippen molar-refractivity contribution in [2.45, 2.75) is 32.4 Å². The quantitative estimate of drug-likeness (QED) is 0.706. The summed E-state index contributed by atoms with van der Waals surface area (Å²) in [7, 11) is 0. The molecule has 1 aliphatic rings. The molecule has 3 nitrogen and oxygen atoms in total. The van der Waals surface area contributed by atoms with Gasteiger partial charge in [0.15, 0.2) is 0 Å². The fourth-order valence-electron chi connectivity index (χ4n) is 2.08. The Morgan fingerprint density at radius 2 is 2.27 bits per heavy atom. The minimum absolute atomic E-state index is 0.177. The summed E-state index contributed by atoms with van der Waals surface area (Å²) < 4.78 is 5.18. The first kappa shape index (κ1) is 10.2. The highest BCUT2D eigenvalue weighted by Crippen LogP contribution is 2.32. The molecule has 15 heavy (non-hydrogen) atoms.